The summed E-state index contributed by atoms with van der Waals surface area (Å²) in [5, 5.41) is 10.6. The number of benzene rings is 2. The number of carbonyl (C=O) groups excluding carboxylic acids is 1. The van der Waals surface area contributed by atoms with Crippen LogP contribution in [0.15, 0.2) is 48.5 Å². The normalized spacial score (nSPS) is 23.3. The standard InChI is InChI=1S/C27H31Cl2F3N2O5S/c1-3-21(16-33(40(38)39)12-11-27(30,31)32)34-24(17-7-9-19(28)10-8-17)22(18-5-4-6-20(29)13-18)14-26(2,25(34)37)15-23(35)36/h4-10,13,21-22,24H,3,11-12,14-16H2,1-2H3,(H,35,36)(H,38,39)/p-1/t21-,22+,24+,26+/m0/s1. The SMILES string of the molecule is CC[C@@H](CN(CCC(F)(F)F)S(=O)[O-])N1C(=O)[C@@](C)(CC(=O)O)C[C@H](c2cccc(Cl)c2)[C@H]1c1ccc(Cl)cc1. The number of carboxylic acid groups (broad SMARTS) is 1. The van der Waals surface area contributed by atoms with E-state index in [9.17, 15) is 36.6 Å². The first-order valence-corrected chi connectivity index (χ1v) is 14.4. The lowest BCUT2D eigenvalue weighted by Gasteiger charge is -2.52. The average molecular weight is 623 g/mol. The number of hydrogen-bond acceptors (Lipinski definition) is 4. The summed E-state index contributed by atoms with van der Waals surface area (Å²) in [5.74, 6) is -2.18. The second-order valence-electron chi connectivity index (χ2n) is 10.2. The molecule has 1 heterocycles. The van der Waals surface area contributed by atoms with Crippen molar-refractivity contribution >= 4 is 46.3 Å². The highest BCUT2D eigenvalue weighted by molar-refractivity contribution is 7.76. The molecule has 1 aliphatic heterocycles. The number of nitrogens with zero attached hydrogens (tertiary/aromatic N) is 2. The van der Waals surface area contributed by atoms with E-state index in [0.717, 1.165) is 5.56 Å². The predicted octanol–water partition coefficient (Wildman–Crippen LogP) is 6.36. The Bertz CT molecular complexity index is 1230. The first kappa shape index (κ1) is 32.3. The van der Waals surface area contributed by atoms with E-state index >= 15 is 0 Å². The number of hydrogen-bond donors (Lipinski definition) is 1. The third-order valence-electron chi connectivity index (χ3n) is 7.27. The van der Waals surface area contributed by atoms with Crippen LogP contribution in [0.4, 0.5) is 13.2 Å². The number of carbonyl (C=O) groups is 2. The molecule has 1 unspecified atom stereocenters. The van der Waals surface area contributed by atoms with E-state index in [1.165, 1.54) is 4.90 Å². The quantitative estimate of drug-likeness (QED) is 0.294. The Kier molecular flexibility index (Phi) is 10.7. The molecule has 0 spiro atoms. The van der Waals surface area contributed by atoms with E-state index in [1.807, 2.05) is 6.07 Å². The van der Waals surface area contributed by atoms with Gasteiger partial charge in [0.05, 0.1) is 24.3 Å². The van der Waals surface area contributed by atoms with E-state index in [1.54, 1.807) is 56.3 Å². The van der Waals surface area contributed by atoms with Crippen LogP contribution in [0.5, 0.6) is 0 Å². The molecule has 0 bridgehead atoms. The molecule has 13 heteroatoms. The van der Waals surface area contributed by atoms with Gasteiger partial charge in [-0.15, -0.1) is 0 Å². The molecule has 1 N–H and O–H groups in total. The van der Waals surface area contributed by atoms with Crippen molar-refractivity contribution in [3.05, 3.63) is 69.7 Å². The van der Waals surface area contributed by atoms with Crippen molar-refractivity contribution in [2.75, 3.05) is 13.1 Å². The summed E-state index contributed by atoms with van der Waals surface area (Å²) in [4.78, 5) is 27.6. The predicted molar refractivity (Wildman–Crippen MR) is 145 cm³/mol. The summed E-state index contributed by atoms with van der Waals surface area (Å²) in [6, 6.07) is 12.1. The Labute approximate surface area is 243 Å². The molecular formula is C27H30Cl2F3N2O5S-. The van der Waals surface area contributed by atoms with Crippen LogP contribution in [0.1, 0.15) is 62.6 Å². The van der Waals surface area contributed by atoms with Gasteiger partial charge in [-0.25, -0.2) is 4.31 Å². The van der Waals surface area contributed by atoms with Crippen molar-refractivity contribution in [2.24, 2.45) is 5.41 Å². The van der Waals surface area contributed by atoms with E-state index < -0.39 is 78.7 Å². The lowest BCUT2D eigenvalue weighted by Crippen LogP contribution is -2.58. The monoisotopic (exact) mass is 621 g/mol. The van der Waals surface area contributed by atoms with Crippen molar-refractivity contribution in [1.82, 2.24) is 9.21 Å². The molecule has 0 aromatic heterocycles. The molecule has 7 nitrogen and oxygen atoms in total. The van der Waals surface area contributed by atoms with Gasteiger partial charge in [0.25, 0.3) is 0 Å². The Hall–Kier alpha value is -2.18. The molecule has 2 aromatic carbocycles. The van der Waals surface area contributed by atoms with E-state index in [0.29, 0.717) is 19.9 Å². The van der Waals surface area contributed by atoms with E-state index in [4.69, 9.17) is 23.2 Å². The van der Waals surface area contributed by atoms with Gasteiger partial charge in [0.2, 0.25) is 5.91 Å². The molecule has 0 saturated carbocycles. The van der Waals surface area contributed by atoms with Gasteiger partial charge in [0.1, 0.15) is 0 Å². The average Bonchev–Trinajstić information content (AvgIpc) is 2.85. The fraction of sp³-hybridized carbons (Fsp3) is 0.481. The third kappa shape index (κ3) is 7.97. The minimum atomic E-state index is -4.58. The van der Waals surface area contributed by atoms with Crippen LogP contribution in [0.25, 0.3) is 0 Å². The minimum absolute atomic E-state index is 0.143. The zero-order valence-corrected chi connectivity index (χ0v) is 24.2. The van der Waals surface area contributed by atoms with Crippen molar-refractivity contribution < 1.29 is 36.6 Å². The zero-order valence-electron chi connectivity index (χ0n) is 21.9. The zero-order chi connectivity index (χ0) is 29.8. The largest absolute Gasteiger partial charge is 0.760 e. The summed E-state index contributed by atoms with van der Waals surface area (Å²) in [5.41, 5.74) is 0.00384. The maximum Gasteiger partial charge on any atom is 0.390 e. The fourth-order valence-electron chi connectivity index (χ4n) is 5.41. The highest BCUT2D eigenvalue weighted by Crippen LogP contribution is 2.52. The second-order valence-corrected chi connectivity index (χ2v) is 12.1. The van der Waals surface area contributed by atoms with Crippen LogP contribution in [0.2, 0.25) is 10.0 Å². The van der Waals surface area contributed by atoms with Gasteiger partial charge in [-0.3, -0.25) is 13.8 Å². The van der Waals surface area contributed by atoms with Gasteiger partial charge in [-0.1, -0.05) is 61.3 Å². The first-order chi connectivity index (χ1) is 18.6. The number of rotatable bonds is 11. The molecule has 0 aliphatic carbocycles. The highest BCUT2D eigenvalue weighted by Gasteiger charge is 2.52. The summed E-state index contributed by atoms with van der Waals surface area (Å²) in [6.07, 6.45) is -6.09. The van der Waals surface area contributed by atoms with Crippen LogP contribution in [0.3, 0.4) is 0 Å². The number of piperidine rings is 1. The van der Waals surface area contributed by atoms with Gasteiger partial charge in [-0.05, 0) is 48.2 Å². The number of carboxylic acids is 1. The first-order valence-electron chi connectivity index (χ1n) is 12.6. The second kappa shape index (κ2) is 13.2. The van der Waals surface area contributed by atoms with Crippen molar-refractivity contribution in [1.29, 1.82) is 0 Å². The maximum atomic E-state index is 14.2. The van der Waals surface area contributed by atoms with Crippen molar-refractivity contribution in [3.63, 3.8) is 0 Å². The topological polar surface area (TPSA) is 101 Å². The summed E-state index contributed by atoms with van der Waals surface area (Å²) >= 11 is 9.44. The fourth-order valence-corrected chi connectivity index (χ4v) is 6.27. The Morgan fingerprint density at radius 1 is 1.20 bits per heavy atom. The number of halogens is 5. The van der Waals surface area contributed by atoms with Crippen LogP contribution in [-0.4, -0.2) is 60.3 Å². The minimum Gasteiger partial charge on any atom is -0.760 e. The highest BCUT2D eigenvalue weighted by atomic mass is 35.5. The molecule has 1 amide bonds. The number of alkyl halides is 3. The molecule has 1 fully saturated rings. The molecule has 40 heavy (non-hydrogen) atoms. The molecule has 3 rings (SSSR count). The summed E-state index contributed by atoms with van der Waals surface area (Å²) in [7, 11) is 0. The van der Waals surface area contributed by atoms with Crippen LogP contribution >= 0.6 is 23.2 Å². The van der Waals surface area contributed by atoms with Crippen LogP contribution in [0, 0.1) is 5.41 Å². The van der Waals surface area contributed by atoms with E-state index in [-0.39, 0.29) is 12.8 Å². The Morgan fingerprint density at radius 2 is 1.85 bits per heavy atom. The van der Waals surface area contributed by atoms with Gasteiger partial charge in [0, 0.05) is 46.4 Å². The Morgan fingerprint density at radius 3 is 2.38 bits per heavy atom. The lowest BCUT2D eigenvalue weighted by atomic mass is 9.67. The van der Waals surface area contributed by atoms with Gasteiger partial charge in [-0.2, -0.15) is 13.2 Å². The molecule has 5 atom stereocenters. The third-order valence-corrected chi connectivity index (χ3v) is 8.51. The number of aliphatic carboxylic acids is 1. The van der Waals surface area contributed by atoms with E-state index in [2.05, 4.69) is 0 Å². The molecule has 2 aromatic rings. The summed E-state index contributed by atoms with van der Waals surface area (Å²) < 4.78 is 63.5. The van der Waals surface area contributed by atoms with Crippen molar-refractivity contribution in [3.8, 4) is 0 Å². The molecule has 1 saturated heterocycles. The summed E-state index contributed by atoms with van der Waals surface area (Å²) in [6.45, 7) is 2.04. The van der Waals surface area contributed by atoms with Crippen LogP contribution < -0.4 is 0 Å². The molecule has 220 valence electrons. The number of likely N-dealkylation sites (tertiary alicyclic amines) is 1. The number of amides is 1. The van der Waals surface area contributed by atoms with Gasteiger partial charge < -0.3 is 14.6 Å². The van der Waals surface area contributed by atoms with Gasteiger partial charge >= 0.3 is 12.1 Å². The lowest BCUT2D eigenvalue weighted by molar-refractivity contribution is -0.161. The van der Waals surface area contributed by atoms with Crippen molar-refractivity contribution in [2.45, 2.75) is 63.7 Å². The van der Waals surface area contributed by atoms with Crippen LogP contribution in [-0.2, 0) is 20.9 Å². The molecular weight excluding hydrogens is 592 g/mol. The molecule has 1 aliphatic rings. The van der Waals surface area contributed by atoms with Gasteiger partial charge in [0.15, 0.2) is 0 Å². The molecule has 0 radical (unpaired) electrons. The smallest absolute Gasteiger partial charge is 0.390 e. The maximum absolute atomic E-state index is 14.2. The Balaban J connectivity index is 2.18.